The maximum atomic E-state index is 12.2. The zero-order valence-corrected chi connectivity index (χ0v) is 19.9. The number of carbonyl (C=O) groups is 1. The summed E-state index contributed by atoms with van der Waals surface area (Å²) >= 11 is 1.61. The number of benzene rings is 1. The second-order valence-corrected chi connectivity index (χ2v) is 9.06. The number of hydrogen-bond donors (Lipinski definition) is 3. The number of anilines is 3. The Balaban J connectivity index is 1.52. The van der Waals surface area contributed by atoms with Gasteiger partial charge in [-0.15, -0.1) is 15.7 Å². The molecule has 0 saturated carbocycles. The number of carbonyl (C=O) groups excluding carboxylic acids is 1. The Bertz CT molecular complexity index is 1320. The number of nitrogens with zero attached hydrogens (tertiary/aromatic N) is 4. The lowest BCUT2D eigenvalue weighted by atomic mass is 10.2. The number of pyridine rings is 1. The van der Waals surface area contributed by atoms with E-state index in [9.17, 15) is 9.00 Å². The van der Waals surface area contributed by atoms with E-state index >= 15 is 0 Å². The summed E-state index contributed by atoms with van der Waals surface area (Å²) in [6.45, 7) is 2.36. The molecule has 4 rings (SSSR count). The molecule has 0 saturated heterocycles. The highest BCUT2D eigenvalue weighted by Crippen LogP contribution is 2.31. The van der Waals surface area contributed by atoms with Crippen molar-refractivity contribution in [3.63, 3.8) is 0 Å². The Morgan fingerprint density at radius 1 is 1.12 bits per heavy atom. The van der Waals surface area contributed by atoms with Crippen LogP contribution in [0, 0.1) is 0 Å². The van der Waals surface area contributed by atoms with Crippen LogP contribution in [0.4, 0.5) is 22.2 Å². The molecule has 174 valence electrons. The first-order valence-electron chi connectivity index (χ1n) is 10.4. The van der Waals surface area contributed by atoms with Crippen LogP contribution in [0.2, 0.25) is 0 Å². The number of nitrogens with one attached hydrogen (secondary N) is 2. The molecule has 4 aromatic rings. The van der Waals surface area contributed by atoms with Gasteiger partial charge in [0.05, 0.1) is 35.0 Å². The van der Waals surface area contributed by atoms with Gasteiger partial charge in [0.25, 0.3) is 0 Å². The Morgan fingerprint density at radius 2 is 1.97 bits per heavy atom. The number of thiophene rings is 1. The van der Waals surface area contributed by atoms with E-state index in [-0.39, 0.29) is 6.61 Å². The van der Waals surface area contributed by atoms with Crippen molar-refractivity contribution in [2.24, 2.45) is 4.36 Å². The van der Waals surface area contributed by atoms with Gasteiger partial charge >= 0.3 is 6.09 Å². The molecule has 1 unspecified atom stereocenters. The summed E-state index contributed by atoms with van der Waals surface area (Å²) in [7, 11) is -2.23. The van der Waals surface area contributed by atoms with Crippen LogP contribution in [0.25, 0.3) is 10.4 Å². The minimum absolute atomic E-state index is 0.179. The van der Waals surface area contributed by atoms with Gasteiger partial charge in [0.2, 0.25) is 5.95 Å². The Morgan fingerprint density at radius 3 is 2.68 bits per heavy atom. The summed E-state index contributed by atoms with van der Waals surface area (Å²) in [5, 5.41) is 8.51. The van der Waals surface area contributed by atoms with E-state index in [0.29, 0.717) is 28.9 Å². The van der Waals surface area contributed by atoms with Crippen molar-refractivity contribution in [2.75, 3.05) is 17.2 Å². The SMILES string of the molecule is CCOC(=O)/N=[SH](=O)/c1ccc(Nc2ncc(-c3cccs3)c(NCc3ccccn3)n2)cc1. The lowest BCUT2D eigenvalue weighted by molar-refractivity contribution is 0.164. The maximum Gasteiger partial charge on any atom is 0.441 e. The molecule has 0 radical (unpaired) electrons. The molecule has 11 heteroatoms. The molecular formula is C23H22N6O3S2. The number of rotatable bonds is 8. The predicted octanol–water partition coefficient (Wildman–Crippen LogP) is 5.14. The molecule has 3 heterocycles. The van der Waals surface area contributed by atoms with Crippen molar-refractivity contribution in [3.8, 4) is 10.4 Å². The van der Waals surface area contributed by atoms with Crippen molar-refractivity contribution in [1.82, 2.24) is 15.0 Å². The smallest absolute Gasteiger partial charge is 0.441 e. The van der Waals surface area contributed by atoms with Gasteiger partial charge in [0.1, 0.15) is 5.82 Å². The first-order chi connectivity index (χ1) is 16.6. The fraction of sp³-hybridized carbons (Fsp3) is 0.130. The number of hydrogen-bond acceptors (Lipinski definition) is 9. The predicted molar refractivity (Wildman–Crippen MR) is 134 cm³/mol. The van der Waals surface area contributed by atoms with Gasteiger partial charge in [0, 0.05) is 27.9 Å². The molecule has 1 atom stereocenters. The zero-order chi connectivity index (χ0) is 23.8. The lowest BCUT2D eigenvalue weighted by Crippen LogP contribution is -2.07. The summed E-state index contributed by atoms with van der Waals surface area (Å²) in [6, 6.07) is 16.5. The summed E-state index contributed by atoms with van der Waals surface area (Å²) in [6.07, 6.45) is 2.68. The van der Waals surface area contributed by atoms with Gasteiger partial charge in [-0.05, 0) is 54.8 Å². The normalized spacial score (nSPS) is 11.7. The minimum atomic E-state index is -2.23. The van der Waals surface area contributed by atoms with E-state index in [1.807, 2.05) is 35.7 Å². The molecule has 2 N–H and O–H groups in total. The Kier molecular flexibility index (Phi) is 7.79. The van der Waals surface area contributed by atoms with Crippen LogP contribution in [-0.4, -0.2) is 31.9 Å². The van der Waals surface area contributed by atoms with Gasteiger partial charge < -0.3 is 15.4 Å². The average Bonchev–Trinajstić information content (AvgIpc) is 3.39. The highest BCUT2D eigenvalue weighted by Gasteiger charge is 2.11. The number of amides is 1. The fourth-order valence-corrected chi connectivity index (χ4v) is 4.41. The molecule has 0 spiro atoms. The lowest BCUT2D eigenvalue weighted by Gasteiger charge is -2.12. The van der Waals surface area contributed by atoms with E-state index in [2.05, 4.69) is 29.9 Å². The molecule has 3 aromatic heterocycles. The van der Waals surface area contributed by atoms with E-state index in [4.69, 9.17) is 4.74 Å². The molecule has 1 amide bonds. The van der Waals surface area contributed by atoms with Crippen LogP contribution < -0.4 is 10.6 Å². The molecule has 34 heavy (non-hydrogen) atoms. The highest BCUT2D eigenvalue weighted by molar-refractivity contribution is 7.75. The molecular weight excluding hydrogens is 472 g/mol. The average molecular weight is 495 g/mol. The van der Waals surface area contributed by atoms with Crippen molar-refractivity contribution in [2.45, 2.75) is 18.4 Å². The number of ether oxygens (including phenoxy) is 1. The summed E-state index contributed by atoms with van der Waals surface area (Å²) in [5.74, 6) is 1.08. The van der Waals surface area contributed by atoms with Gasteiger partial charge in [-0.2, -0.15) is 4.98 Å². The van der Waals surface area contributed by atoms with E-state index < -0.39 is 16.7 Å². The van der Waals surface area contributed by atoms with E-state index in [1.165, 1.54) is 0 Å². The van der Waals surface area contributed by atoms with E-state index in [1.54, 1.807) is 54.9 Å². The van der Waals surface area contributed by atoms with Gasteiger partial charge in [-0.3, -0.25) is 4.98 Å². The van der Waals surface area contributed by atoms with Crippen molar-refractivity contribution >= 4 is 45.5 Å². The molecule has 0 aliphatic carbocycles. The third-order valence-electron chi connectivity index (χ3n) is 4.52. The molecule has 9 nitrogen and oxygen atoms in total. The Labute approximate surface area is 202 Å². The fourth-order valence-electron chi connectivity index (χ4n) is 2.95. The standard InChI is InChI=1S/C23H22N6O3S2/c1-2-32-23(30)29-34(31)18-10-8-16(9-11-18)27-22-26-15-19(20-7-5-13-33-20)21(28-22)25-14-17-6-3-4-12-24-17/h3-13,15,34H,2,14H2,1H3,(H2,25,26,27,28). The highest BCUT2D eigenvalue weighted by atomic mass is 32.2. The third kappa shape index (κ3) is 6.15. The zero-order valence-electron chi connectivity index (χ0n) is 18.2. The molecule has 1 aromatic carbocycles. The van der Waals surface area contributed by atoms with Crippen LogP contribution in [0.15, 0.2) is 81.6 Å². The first-order valence-corrected chi connectivity index (χ1v) is 12.5. The second-order valence-electron chi connectivity index (χ2n) is 6.85. The monoisotopic (exact) mass is 494 g/mol. The maximum absolute atomic E-state index is 12.2. The van der Waals surface area contributed by atoms with Crippen molar-refractivity contribution in [3.05, 3.63) is 78.1 Å². The summed E-state index contributed by atoms with van der Waals surface area (Å²) < 4.78 is 20.4. The molecule has 0 fully saturated rings. The van der Waals surface area contributed by atoms with Crippen LogP contribution in [0.5, 0.6) is 0 Å². The first kappa shape index (κ1) is 23.3. The van der Waals surface area contributed by atoms with Crippen molar-refractivity contribution < 1.29 is 13.7 Å². The van der Waals surface area contributed by atoms with Gasteiger partial charge in [0.15, 0.2) is 0 Å². The largest absolute Gasteiger partial charge is 0.448 e. The summed E-state index contributed by atoms with van der Waals surface area (Å²) in [5.41, 5.74) is 2.48. The minimum Gasteiger partial charge on any atom is -0.448 e. The van der Waals surface area contributed by atoms with E-state index in [0.717, 1.165) is 16.1 Å². The Hall–Kier alpha value is -3.83. The van der Waals surface area contributed by atoms with Crippen LogP contribution in [-0.2, 0) is 21.9 Å². The second kappa shape index (κ2) is 11.3. The van der Waals surface area contributed by atoms with Crippen LogP contribution in [0.1, 0.15) is 12.6 Å². The van der Waals surface area contributed by atoms with Gasteiger partial charge in [-0.1, -0.05) is 12.1 Å². The van der Waals surface area contributed by atoms with Crippen LogP contribution >= 0.6 is 11.3 Å². The number of aromatic nitrogens is 3. The number of thiol groups is 1. The van der Waals surface area contributed by atoms with Crippen molar-refractivity contribution in [1.29, 1.82) is 0 Å². The molecule has 0 aliphatic rings. The van der Waals surface area contributed by atoms with Crippen LogP contribution in [0.3, 0.4) is 0 Å². The molecule has 0 aliphatic heterocycles. The molecule has 0 bridgehead atoms. The summed E-state index contributed by atoms with van der Waals surface area (Å²) in [4.78, 5) is 26.3. The third-order valence-corrected chi connectivity index (χ3v) is 6.51. The topological polar surface area (TPSA) is 118 Å². The van der Waals surface area contributed by atoms with Gasteiger partial charge in [-0.25, -0.2) is 14.0 Å². The quantitative estimate of drug-likeness (QED) is 0.288.